The zero-order valence-electron chi connectivity index (χ0n) is 14.8. The van der Waals surface area contributed by atoms with E-state index in [2.05, 4.69) is 10.0 Å². The molecule has 0 radical (unpaired) electrons. The van der Waals surface area contributed by atoms with Crippen molar-refractivity contribution in [2.45, 2.75) is 65.7 Å². The minimum Gasteiger partial charge on any atom is -0.367 e. The van der Waals surface area contributed by atoms with Gasteiger partial charge in [0.05, 0.1) is 5.41 Å². The summed E-state index contributed by atoms with van der Waals surface area (Å²) in [7, 11) is 0. The van der Waals surface area contributed by atoms with E-state index in [9.17, 15) is 4.79 Å². The summed E-state index contributed by atoms with van der Waals surface area (Å²) in [6.07, 6.45) is 8.24. The number of nitrogens with zero attached hydrogens (tertiary/aromatic N) is 4. The Labute approximate surface area is 139 Å². The predicted octanol–water partition coefficient (Wildman–Crippen LogP) is 4.46. The van der Waals surface area contributed by atoms with Crippen molar-refractivity contribution < 1.29 is 9.63 Å². The van der Waals surface area contributed by atoms with E-state index in [1.807, 2.05) is 20.8 Å². The average molecular weight is 322 g/mol. The highest BCUT2D eigenvalue weighted by Crippen LogP contribution is 2.46. The molecule has 0 aromatic heterocycles. The van der Waals surface area contributed by atoms with Crippen molar-refractivity contribution in [1.82, 2.24) is 5.06 Å². The van der Waals surface area contributed by atoms with E-state index in [1.165, 1.54) is 32.1 Å². The van der Waals surface area contributed by atoms with E-state index in [1.54, 1.807) is 5.06 Å². The van der Waals surface area contributed by atoms with Crippen molar-refractivity contribution in [2.24, 2.45) is 21.9 Å². The van der Waals surface area contributed by atoms with Crippen molar-refractivity contribution in [3.63, 3.8) is 0 Å². The Morgan fingerprint density at radius 3 is 2.39 bits per heavy atom. The summed E-state index contributed by atoms with van der Waals surface area (Å²) in [6.45, 7) is 7.65. The number of carbonyl (C=O) groups is 1. The highest BCUT2D eigenvalue weighted by molar-refractivity contribution is 5.75. The molecule has 0 atom stereocenters. The minimum atomic E-state index is -0.483. The predicted molar refractivity (Wildman–Crippen MR) is 89.4 cm³/mol. The number of rotatable bonds is 4. The van der Waals surface area contributed by atoms with Crippen LogP contribution in [0.25, 0.3) is 10.4 Å². The van der Waals surface area contributed by atoms with Crippen LogP contribution >= 0.6 is 0 Å². The van der Waals surface area contributed by atoms with Crippen LogP contribution in [-0.4, -0.2) is 30.7 Å². The number of hydrogen-bond donors (Lipinski definition) is 0. The van der Waals surface area contributed by atoms with Crippen LogP contribution < -0.4 is 0 Å². The van der Waals surface area contributed by atoms with Crippen molar-refractivity contribution in [3.05, 3.63) is 10.4 Å². The van der Waals surface area contributed by atoms with Crippen LogP contribution in [0.4, 0.5) is 0 Å². The maximum absolute atomic E-state index is 12.0. The van der Waals surface area contributed by atoms with Crippen LogP contribution in [0.5, 0.6) is 0 Å². The summed E-state index contributed by atoms with van der Waals surface area (Å²) < 4.78 is 0. The van der Waals surface area contributed by atoms with E-state index in [0.717, 1.165) is 25.9 Å². The smallest absolute Gasteiger partial charge is 0.330 e. The molecule has 6 nitrogen and oxygen atoms in total. The van der Waals surface area contributed by atoms with Gasteiger partial charge in [-0.05, 0) is 63.3 Å². The molecule has 0 unspecified atom stereocenters. The van der Waals surface area contributed by atoms with Gasteiger partial charge in [0, 0.05) is 24.5 Å². The van der Waals surface area contributed by atoms with Crippen molar-refractivity contribution in [1.29, 1.82) is 0 Å². The van der Waals surface area contributed by atoms with Crippen LogP contribution in [0.3, 0.4) is 0 Å². The van der Waals surface area contributed by atoms with Crippen LogP contribution in [0, 0.1) is 16.7 Å². The minimum absolute atomic E-state index is 0.0945. The molecule has 23 heavy (non-hydrogen) atoms. The molecule has 1 aliphatic carbocycles. The fourth-order valence-corrected chi connectivity index (χ4v) is 3.86. The summed E-state index contributed by atoms with van der Waals surface area (Å²) in [5, 5.41) is 5.72. The molecule has 0 bridgehead atoms. The van der Waals surface area contributed by atoms with Crippen molar-refractivity contribution in [3.8, 4) is 0 Å². The van der Waals surface area contributed by atoms with Crippen LogP contribution in [0.15, 0.2) is 5.11 Å². The Hall–Kier alpha value is -1.26. The molecule has 0 N–H and O–H groups in total. The second-order valence-corrected chi connectivity index (χ2v) is 8.14. The molecular formula is C17H30N4O2. The molecule has 6 heteroatoms. The SMILES string of the molecule is CC(C)(C)C(=O)ON1CCC(CN=[N+]=[N-])(C2CCCCC2)CC1. The lowest BCUT2D eigenvalue weighted by atomic mass is 9.64. The van der Waals surface area contributed by atoms with E-state index < -0.39 is 5.41 Å². The zero-order chi connectivity index (χ0) is 16.9. The molecule has 0 aromatic rings. The average Bonchev–Trinajstić information content (AvgIpc) is 2.54. The Balaban J connectivity index is 1.98. The maximum atomic E-state index is 12.0. The lowest BCUT2D eigenvalue weighted by Crippen LogP contribution is -2.47. The van der Waals surface area contributed by atoms with Gasteiger partial charge in [0.15, 0.2) is 0 Å². The molecule has 2 fully saturated rings. The van der Waals surface area contributed by atoms with Gasteiger partial charge in [0.25, 0.3) is 0 Å². The molecule has 1 heterocycles. The first kappa shape index (κ1) is 18.1. The lowest BCUT2D eigenvalue weighted by molar-refractivity contribution is -0.211. The highest BCUT2D eigenvalue weighted by Gasteiger charge is 2.42. The summed E-state index contributed by atoms with van der Waals surface area (Å²) in [4.78, 5) is 20.6. The van der Waals surface area contributed by atoms with Gasteiger partial charge in [-0.2, -0.15) is 0 Å². The van der Waals surface area contributed by atoms with Gasteiger partial charge in [0.1, 0.15) is 0 Å². The third-order valence-corrected chi connectivity index (χ3v) is 5.46. The molecular weight excluding hydrogens is 292 g/mol. The first-order chi connectivity index (χ1) is 10.9. The molecule has 1 saturated heterocycles. The number of hydroxylamine groups is 2. The van der Waals surface area contributed by atoms with Gasteiger partial charge in [-0.25, -0.2) is 4.79 Å². The topological polar surface area (TPSA) is 78.3 Å². The fraction of sp³-hybridized carbons (Fsp3) is 0.941. The monoisotopic (exact) mass is 322 g/mol. The van der Waals surface area contributed by atoms with E-state index in [0.29, 0.717) is 12.5 Å². The molecule has 0 amide bonds. The maximum Gasteiger partial charge on any atom is 0.330 e. The van der Waals surface area contributed by atoms with E-state index >= 15 is 0 Å². The zero-order valence-corrected chi connectivity index (χ0v) is 14.8. The normalized spacial score (nSPS) is 23.1. The third-order valence-electron chi connectivity index (χ3n) is 5.46. The first-order valence-corrected chi connectivity index (χ1v) is 8.86. The van der Waals surface area contributed by atoms with Crippen molar-refractivity contribution in [2.75, 3.05) is 19.6 Å². The van der Waals surface area contributed by atoms with Crippen LogP contribution in [0.1, 0.15) is 65.7 Å². The quantitative estimate of drug-likeness (QED) is 0.435. The Morgan fingerprint density at radius 2 is 1.87 bits per heavy atom. The Morgan fingerprint density at radius 1 is 1.26 bits per heavy atom. The van der Waals surface area contributed by atoms with Gasteiger partial charge >= 0.3 is 5.97 Å². The van der Waals surface area contributed by atoms with Crippen molar-refractivity contribution >= 4 is 5.97 Å². The van der Waals surface area contributed by atoms with Crippen LogP contribution in [-0.2, 0) is 9.63 Å². The summed E-state index contributed by atoms with van der Waals surface area (Å²) in [6, 6.07) is 0. The molecule has 0 spiro atoms. The largest absolute Gasteiger partial charge is 0.367 e. The summed E-state index contributed by atoms with van der Waals surface area (Å²) in [5.41, 5.74) is 8.36. The van der Waals surface area contributed by atoms with E-state index in [4.69, 9.17) is 10.4 Å². The second kappa shape index (κ2) is 7.54. The standard InChI is InChI=1S/C17H30N4O2/c1-16(2,3)15(22)23-21-11-9-17(10-12-21,13-19-20-18)14-7-5-4-6-8-14/h14H,4-13H2,1-3H3. The second-order valence-electron chi connectivity index (χ2n) is 8.14. The number of hydrogen-bond acceptors (Lipinski definition) is 4. The highest BCUT2D eigenvalue weighted by atomic mass is 16.7. The number of azide groups is 1. The fourth-order valence-electron chi connectivity index (χ4n) is 3.86. The summed E-state index contributed by atoms with van der Waals surface area (Å²) >= 11 is 0. The number of carbonyl (C=O) groups excluding carboxylic acids is 1. The summed E-state index contributed by atoms with van der Waals surface area (Å²) in [5.74, 6) is 0.458. The molecule has 1 saturated carbocycles. The molecule has 1 aliphatic heterocycles. The molecule has 2 aliphatic rings. The van der Waals surface area contributed by atoms with Gasteiger partial charge < -0.3 is 4.84 Å². The van der Waals surface area contributed by atoms with Gasteiger partial charge in [-0.1, -0.05) is 24.4 Å². The number of piperidine rings is 1. The van der Waals surface area contributed by atoms with Gasteiger partial charge in [-0.15, -0.1) is 5.06 Å². The molecule has 130 valence electrons. The first-order valence-electron chi connectivity index (χ1n) is 8.86. The van der Waals surface area contributed by atoms with Gasteiger partial charge in [0.2, 0.25) is 0 Å². The molecule has 0 aromatic carbocycles. The van der Waals surface area contributed by atoms with Gasteiger partial charge in [-0.3, -0.25) is 0 Å². The Bertz CT molecular complexity index is 452. The Kier molecular flexibility index (Phi) is 5.93. The molecule has 2 rings (SSSR count). The van der Waals surface area contributed by atoms with E-state index in [-0.39, 0.29) is 11.4 Å². The lowest BCUT2D eigenvalue weighted by Gasteiger charge is -2.47. The van der Waals surface area contributed by atoms with Crippen LogP contribution in [0.2, 0.25) is 0 Å². The third kappa shape index (κ3) is 4.61.